The smallest absolute Gasteiger partial charge is 0.289 e. The summed E-state index contributed by atoms with van der Waals surface area (Å²) in [6.45, 7) is 3.32. The lowest BCUT2D eigenvalue weighted by Gasteiger charge is -2.30. The van der Waals surface area contributed by atoms with E-state index in [1.165, 1.54) is 0 Å². The molecule has 0 atom stereocenters. The maximum Gasteiger partial charge on any atom is 0.289 e. The van der Waals surface area contributed by atoms with E-state index in [0.717, 1.165) is 45.3 Å². The number of amides is 1. The van der Waals surface area contributed by atoms with Gasteiger partial charge in [0, 0.05) is 40.6 Å². The van der Waals surface area contributed by atoms with Crippen molar-refractivity contribution < 1.29 is 9.21 Å². The van der Waals surface area contributed by atoms with Crippen molar-refractivity contribution in [2.24, 2.45) is 0 Å². The van der Waals surface area contributed by atoms with Crippen molar-refractivity contribution >= 4 is 38.5 Å². The Labute approximate surface area is 170 Å². The zero-order valence-corrected chi connectivity index (χ0v) is 17.0. The van der Waals surface area contributed by atoms with Gasteiger partial charge in [-0.25, -0.2) is 0 Å². The molecular formula is C21H19BrN4O2. The highest BCUT2D eigenvalue weighted by Crippen LogP contribution is 2.31. The fourth-order valence-corrected chi connectivity index (χ4v) is 4.38. The first-order chi connectivity index (χ1) is 13.6. The van der Waals surface area contributed by atoms with E-state index in [9.17, 15) is 4.79 Å². The normalized spacial score (nSPS) is 15.6. The van der Waals surface area contributed by atoms with E-state index >= 15 is 0 Å². The number of carbonyl (C=O) groups excluding carboxylic acids is 1. The van der Waals surface area contributed by atoms with Crippen molar-refractivity contribution in [2.75, 3.05) is 13.1 Å². The molecule has 0 radical (unpaired) electrons. The topological polar surface area (TPSA) is 63.6 Å². The van der Waals surface area contributed by atoms with Gasteiger partial charge in [0.2, 0.25) is 0 Å². The van der Waals surface area contributed by atoms with E-state index in [0.29, 0.717) is 24.8 Å². The van der Waals surface area contributed by atoms with Gasteiger partial charge in [-0.1, -0.05) is 22.0 Å². The number of likely N-dealkylation sites (tertiary alicyclic amines) is 1. The average Bonchev–Trinajstić information content (AvgIpc) is 3.29. The fraction of sp³-hybridized carbons (Fsp3) is 0.286. The quantitative estimate of drug-likeness (QED) is 0.459. The number of benzene rings is 1. The van der Waals surface area contributed by atoms with Crippen LogP contribution in [0.15, 0.2) is 51.5 Å². The van der Waals surface area contributed by atoms with Gasteiger partial charge in [0.25, 0.3) is 5.91 Å². The standard InChI is InChI=1S/C21H19BrN4O2/c1-13-16-12-15(22)5-6-17(16)28-19(13)21(27)25-10-7-14(8-11-25)20-24-23-18-4-2-3-9-26(18)20/h2-6,9,12,14H,7-8,10-11H2,1H3. The second-order valence-corrected chi connectivity index (χ2v) is 8.17. The van der Waals surface area contributed by atoms with Crippen LogP contribution in [-0.4, -0.2) is 38.5 Å². The number of piperidine rings is 1. The number of hydrogen-bond donors (Lipinski definition) is 0. The third-order valence-corrected chi connectivity index (χ3v) is 6.07. The molecule has 6 nitrogen and oxygen atoms in total. The van der Waals surface area contributed by atoms with Crippen LogP contribution in [0, 0.1) is 6.92 Å². The number of furan rings is 1. The highest BCUT2D eigenvalue weighted by atomic mass is 79.9. The van der Waals surface area contributed by atoms with Gasteiger partial charge in [-0.2, -0.15) is 0 Å². The third-order valence-electron chi connectivity index (χ3n) is 5.58. The average molecular weight is 439 g/mol. The molecular weight excluding hydrogens is 420 g/mol. The number of nitrogens with zero attached hydrogens (tertiary/aromatic N) is 4. The van der Waals surface area contributed by atoms with Gasteiger partial charge < -0.3 is 9.32 Å². The maximum atomic E-state index is 13.1. The highest BCUT2D eigenvalue weighted by molar-refractivity contribution is 9.10. The summed E-state index contributed by atoms with van der Waals surface area (Å²) in [6.07, 6.45) is 3.73. The molecule has 7 heteroatoms. The summed E-state index contributed by atoms with van der Waals surface area (Å²) >= 11 is 3.48. The van der Waals surface area contributed by atoms with Crippen molar-refractivity contribution in [1.29, 1.82) is 0 Å². The summed E-state index contributed by atoms with van der Waals surface area (Å²) in [5, 5.41) is 9.61. The number of fused-ring (bicyclic) bond motifs is 2. The van der Waals surface area contributed by atoms with Crippen molar-refractivity contribution in [3.8, 4) is 0 Å². The zero-order chi connectivity index (χ0) is 19.3. The first kappa shape index (κ1) is 17.4. The summed E-state index contributed by atoms with van der Waals surface area (Å²) in [5.41, 5.74) is 2.50. The Kier molecular flexibility index (Phi) is 4.19. The van der Waals surface area contributed by atoms with Crippen LogP contribution in [0.3, 0.4) is 0 Å². The summed E-state index contributed by atoms with van der Waals surface area (Å²) in [6, 6.07) is 11.7. The molecule has 1 amide bonds. The molecule has 5 rings (SSSR count). The monoisotopic (exact) mass is 438 g/mol. The molecule has 1 aromatic carbocycles. The Hall–Kier alpha value is -2.67. The molecule has 0 N–H and O–H groups in total. The van der Waals surface area contributed by atoms with Gasteiger partial charge in [-0.05, 0) is 50.1 Å². The van der Waals surface area contributed by atoms with E-state index in [2.05, 4.69) is 26.1 Å². The van der Waals surface area contributed by atoms with E-state index < -0.39 is 0 Å². The van der Waals surface area contributed by atoms with Crippen LogP contribution in [-0.2, 0) is 0 Å². The molecule has 0 bridgehead atoms. The summed E-state index contributed by atoms with van der Waals surface area (Å²) < 4.78 is 8.91. The lowest BCUT2D eigenvalue weighted by atomic mass is 9.95. The third kappa shape index (κ3) is 2.81. The second-order valence-electron chi connectivity index (χ2n) is 7.25. The summed E-state index contributed by atoms with van der Waals surface area (Å²) in [4.78, 5) is 15.0. The number of aromatic nitrogens is 3. The molecule has 1 saturated heterocycles. The van der Waals surface area contributed by atoms with Crippen molar-refractivity contribution in [2.45, 2.75) is 25.7 Å². The Morgan fingerprint density at radius 2 is 2.00 bits per heavy atom. The van der Waals surface area contributed by atoms with Gasteiger partial charge in [0.1, 0.15) is 11.4 Å². The van der Waals surface area contributed by atoms with Crippen LogP contribution >= 0.6 is 15.9 Å². The van der Waals surface area contributed by atoms with Crippen molar-refractivity contribution in [3.63, 3.8) is 0 Å². The van der Waals surface area contributed by atoms with Crippen molar-refractivity contribution in [1.82, 2.24) is 19.5 Å². The zero-order valence-electron chi connectivity index (χ0n) is 15.4. The molecule has 1 aliphatic rings. The number of hydrogen-bond acceptors (Lipinski definition) is 4. The second kappa shape index (κ2) is 6.74. The molecule has 0 saturated carbocycles. The van der Waals surface area contributed by atoms with Crippen molar-refractivity contribution in [3.05, 3.63) is 64.2 Å². The predicted octanol–water partition coefficient (Wildman–Crippen LogP) is 4.57. The summed E-state index contributed by atoms with van der Waals surface area (Å²) in [7, 11) is 0. The van der Waals surface area contributed by atoms with Crippen LogP contribution in [0.4, 0.5) is 0 Å². The van der Waals surface area contributed by atoms with Crippen LogP contribution in [0.2, 0.25) is 0 Å². The van der Waals surface area contributed by atoms with Crippen LogP contribution in [0.25, 0.3) is 16.6 Å². The van der Waals surface area contributed by atoms with Gasteiger partial charge in [-0.3, -0.25) is 9.20 Å². The van der Waals surface area contributed by atoms with E-state index in [4.69, 9.17) is 4.42 Å². The Balaban J connectivity index is 1.35. The summed E-state index contributed by atoms with van der Waals surface area (Å²) in [5.74, 6) is 1.69. The minimum Gasteiger partial charge on any atom is -0.451 e. The number of carbonyl (C=O) groups is 1. The minimum atomic E-state index is -0.0330. The molecule has 0 spiro atoms. The molecule has 1 aliphatic heterocycles. The van der Waals surface area contributed by atoms with Gasteiger partial charge >= 0.3 is 0 Å². The maximum absolute atomic E-state index is 13.1. The van der Waals surface area contributed by atoms with Gasteiger partial charge in [0.05, 0.1) is 0 Å². The Bertz CT molecular complexity index is 1190. The molecule has 1 fully saturated rings. The predicted molar refractivity (Wildman–Crippen MR) is 110 cm³/mol. The Morgan fingerprint density at radius 3 is 2.82 bits per heavy atom. The number of halogens is 1. The molecule has 3 aromatic heterocycles. The molecule has 142 valence electrons. The number of rotatable bonds is 2. The van der Waals surface area contributed by atoms with Crippen LogP contribution in [0.5, 0.6) is 0 Å². The molecule has 0 unspecified atom stereocenters. The molecule has 28 heavy (non-hydrogen) atoms. The van der Waals surface area contributed by atoms with Gasteiger partial charge in [0.15, 0.2) is 11.4 Å². The molecule has 4 aromatic rings. The number of pyridine rings is 1. The fourth-order valence-electron chi connectivity index (χ4n) is 4.02. The first-order valence-electron chi connectivity index (χ1n) is 9.39. The van der Waals surface area contributed by atoms with E-state index in [-0.39, 0.29) is 5.91 Å². The highest BCUT2D eigenvalue weighted by Gasteiger charge is 2.30. The van der Waals surface area contributed by atoms with E-state index in [1.807, 2.05) is 58.8 Å². The largest absolute Gasteiger partial charge is 0.451 e. The first-order valence-corrected chi connectivity index (χ1v) is 10.2. The van der Waals surface area contributed by atoms with Crippen LogP contribution in [0.1, 0.15) is 40.7 Å². The number of aryl methyl sites for hydroxylation is 1. The lowest BCUT2D eigenvalue weighted by molar-refractivity contribution is 0.0680. The lowest BCUT2D eigenvalue weighted by Crippen LogP contribution is -2.38. The van der Waals surface area contributed by atoms with Crippen LogP contribution < -0.4 is 0 Å². The van der Waals surface area contributed by atoms with E-state index in [1.54, 1.807) is 0 Å². The molecule has 0 aliphatic carbocycles. The SMILES string of the molecule is Cc1c(C(=O)N2CCC(c3nnc4ccccn34)CC2)oc2ccc(Br)cc12. The molecule has 4 heterocycles. The minimum absolute atomic E-state index is 0.0330. The Morgan fingerprint density at radius 1 is 1.18 bits per heavy atom. The van der Waals surface area contributed by atoms with Gasteiger partial charge in [-0.15, -0.1) is 10.2 Å².